The average Bonchev–Trinajstić information content (AvgIpc) is 3.69. The fourth-order valence-corrected chi connectivity index (χ4v) is 6.63. The lowest BCUT2D eigenvalue weighted by atomic mass is 9.83. The second-order valence-electron chi connectivity index (χ2n) is 8.08. The third kappa shape index (κ3) is 3.68. The highest BCUT2D eigenvalue weighted by molar-refractivity contribution is 7.25. The molecule has 1 aliphatic rings. The van der Waals surface area contributed by atoms with Gasteiger partial charge in [-0.15, -0.1) is 22.7 Å². The molecule has 4 heterocycles. The van der Waals surface area contributed by atoms with Crippen molar-refractivity contribution in [3.8, 4) is 49.2 Å². The second kappa shape index (κ2) is 8.32. The van der Waals surface area contributed by atoms with Crippen molar-refractivity contribution in [1.82, 2.24) is 0 Å². The molecule has 0 saturated carbocycles. The highest BCUT2D eigenvalue weighted by Crippen LogP contribution is 2.58. The van der Waals surface area contributed by atoms with Crippen molar-refractivity contribution in [2.24, 2.45) is 0 Å². The lowest BCUT2D eigenvalue weighted by Gasteiger charge is -2.19. The summed E-state index contributed by atoms with van der Waals surface area (Å²) in [5, 5.41) is 27.1. The third-order valence-corrected chi connectivity index (χ3v) is 8.11. The predicted octanol–water partition coefficient (Wildman–Crippen LogP) is 7.85. The zero-order valence-corrected chi connectivity index (χ0v) is 20.0. The normalized spacial score (nSPS) is 14.2. The minimum atomic E-state index is -0.322. The van der Waals surface area contributed by atoms with Crippen molar-refractivity contribution in [3.63, 3.8) is 0 Å². The number of nitrogens with zero attached hydrogens (tertiary/aromatic N) is 4. The van der Waals surface area contributed by atoms with Crippen LogP contribution in [-0.2, 0) is 5.41 Å². The molecule has 6 nitrogen and oxygen atoms in total. The van der Waals surface area contributed by atoms with Gasteiger partial charge in [-0.3, -0.25) is 0 Å². The molecule has 1 aliphatic carbocycles. The maximum absolute atomic E-state index is 9.05. The van der Waals surface area contributed by atoms with Crippen LogP contribution >= 0.6 is 22.7 Å². The van der Waals surface area contributed by atoms with Crippen molar-refractivity contribution in [2.75, 3.05) is 0 Å². The Hall–Kier alpha value is -4.60. The molecule has 0 unspecified atom stereocenters. The van der Waals surface area contributed by atoms with Gasteiger partial charge >= 0.3 is 0 Å². The van der Waals surface area contributed by atoms with E-state index < -0.39 is 0 Å². The smallest absolute Gasteiger partial charge is 0.265 e. The molecule has 0 aliphatic heterocycles. The molecule has 4 aromatic rings. The van der Waals surface area contributed by atoms with Gasteiger partial charge in [0.1, 0.15) is 40.8 Å². The third-order valence-electron chi connectivity index (χ3n) is 5.65. The van der Waals surface area contributed by atoms with Gasteiger partial charge in [0, 0.05) is 21.2 Å². The minimum absolute atomic E-state index is 0.161. The molecule has 8 heteroatoms. The van der Waals surface area contributed by atoms with E-state index in [1.54, 1.807) is 65.1 Å². The number of furan rings is 2. The fourth-order valence-electron chi connectivity index (χ4n) is 3.91. The summed E-state index contributed by atoms with van der Waals surface area (Å²) >= 11 is 3.13. The first-order valence-corrected chi connectivity index (χ1v) is 11.9. The highest BCUT2D eigenvalue weighted by atomic mass is 32.1. The molecule has 166 valence electrons. The Kier molecular flexibility index (Phi) is 4.71. The van der Waals surface area contributed by atoms with Gasteiger partial charge in [-0.05, 0) is 53.6 Å². The van der Waals surface area contributed by atoms with Crippen LogP contribution in [0.4, 0.5) is 0 Å². The van der Waals surface area contributed by atoms with Gasteiger partial charge in [-0.2, -0.15) is 10.5 Å². The molecule has 0 bridgehead atoms. The number of nitriles is 3. The summed E-state index contributed by atoms with van der Waals surface area (Å²) in [6.07, 6.45) is 0. The average molecular weight is 493 g/mol. The summed E-state index contributed by atoms with van der Waals surface area (Å²) in [6.45, 7) is 11.3. The molecule has 4 aromatic heterocycles. The summed E-state index contributed by atoms with van der Waals surface area (Å²) in [7, 11) is 0. The standard InChI is InChI=1S/C27H14N4O2S2/c1-27(2)19-10-23(21-6-4-17(32-21)8-15(12-28)13-29)34-25(19)26-20(27)11-24(35-26)22-7-5-18(33-22)9-16(14-30)31-3/h4-11H,1-2H3/b16-9+/i8D,9D. The summed E-state index contributed by atoms with van der Waals surface area (Å²) in [4.78, 5) is 7.05. The van der Waals surface area contributed by atoms with Crippen LogP contribution in [0.1, 0.15) is 39.2 Å². The van der Waals surface area contributed by atoms with E-state index in [9.17, 15) is 0 Å². The topological polar surface area (TPSA) is 102 Å². The molecule has 0 aromatic carbocycles. The maximum Gasteiger partial charge on any atom is 0.265 e. The number of thiophene rings is 2. The van der Waals surface area contributed by atoms with Crippen LogP contribution in [0.5, 0.6) is 0 Å². The minimum Gasteiger partial charge on any atom is -0.457 e. The molecular weight excluding hydrogens is 476 g/mol. The number of hydrogen-bond donors (Lipinski definition) is 0. The Morgan fingerprint density at radius 2 is 1.43 bits per heavy atom. The maximum atomic E-state index is 9.05. The van der Waals surface area contributed by atoms with Gasteiger partial charge in [0.15, 0.2) is 0 Å². The number of fused-ring (bicyclic) bond motifs is 3. The van der Waals surface area contributed by atoms with Crippen molar-refractivity contribution in [1.29, 1.82) is 15.8 Å². The van der Waals surface area contributed by atoms with Gasteiger partial charge < -0.3 is 8.83 Å². The van der Waals surface area contributed by atoms with E-state index in [0.29, 0.717) is 11.5 Å². The van der Waals surface area contributed by atoms with Gasteiger partial charge in [-0.1, -0.05) is 13.8 Å². The van der Waals surface area contributed by atoms with Crippen LogP contribution in [0, 0.1) is 40.6 Å². The SMILES string of the molecule is [2H]C(=C(C#N)C#N)c1ccc(-c2cc3c(s2)-c2sc(-c4ccc(/C([2H])=C(\C#N)[N+]#[C-])o4)cc2C3(C)C)o1. The van der Waals surface area contributed by atoms with Crippen LogP contribution in [0.2, 0.25) is 0 Å². The van der Waals surface area contributed by atoms with Crippen molar-refractivity contribution in [2.45, 2.75) is 19.3 Å². The molecule has 0 atom stereocenters. The van der Waals surface area contributed by atoms with Crippen LogP contribution < -0.4 is 0 Å². The Bertz CT molecular complexity index is 1670. The Balaban J connectivity index is 1.53. The molecule has 0 amide bonds. The largest absolute Gasteiger partial charge is 0.457 e. The summed E-state index contributed by atoms with van der Waals surface area (Å²) in [5.74, 6) is 1.45. The van der Waals surface area contributed by atoms with Gasteiger partial charge in [0.25, 0.3) is 5.70 Å². The van der Waals surface area contributed by atoms with Gasteiger partial charge in [-0.25, -0.2) is 10.1 Å². The number of allylic oxidation sites excluding steroid dienone is 2. The summed E-state index contributed by atoms with van der Waals surface area (Å²) in [6, 6.07) is 15.5. The lowest BCUT2D eigenvalue weighted by Crippen LogP contribution is -2.13. The molecule has 0 radical (unpaired) electrons. The predicted molar refractivity (Wildman–Crippen MR) is 135 cm³/mol. The van der Waals surface area contributed by atoms with E-state index in [-0.39, 0.29) is 40.3 Å². The van der Waals surface area contributed by atoms with E-state index in [4.69, 9.17) is 33.9 Å². The fraction of sp³-hybridized carbons (Fsp3) is 0.111. The molecule has 0 spiro atoms. The van der Waals surface area contributed by atoms with E-state index in [1.165, 1.54) is 0 Å². The van der Waals surface area contributed by atoms with Gasteiger partial charge in [0.05, 0.1) is 25.1 Å². The summed E-state index contributed by atoms with van der Waals surface area (Å²) in [5.41, 5.74) is 1.40. The zero-order valence-electron chi connectivity index (χ0n) is 20.4. The Labute approximate surface area is 212 Å². The van der Waals surface area contributed by atoms with Crippen LogP contribution in [0.3, 0.4) is 0 Å². The molecule has 0 N–H and O–H groups in total. The van der Waals surface area contributed by atoms with E-state index in [0.717, 1.165) is 30.6 Å². The quantitative estimate of drug-likeness (QED) is 0.213. The molecule has 0 saturated heterocycles. The number of rotatable bonds is 4. The van der Waals surface area contributed by atoms with Crippen molar-refractivity contribution >= 4 is 34.8 Å². The highest BCUT2D eigenvalue weighted by Gasteiger charge is 2.40. The molecule has 35 heavy (non-hydrogen) atoms. The van der Waals surface area contributed by atoms with Crippen LogP contribution in [-0.4, -0.2) is 0 Å². The van der Waals surface area contributed by atoms with Crippen molar-refractivity contribution < 1.29 is 11.6 Å². The van der Waals surface area contributed by atoms with Crippen molar-refractivity contribution in [3.05, 3.63) is 81.7 Å². The molecular formula is C27H14N4O2S2. The first-order chi connectivity index (χ1) is 17.7. The van der Waals surface area contributed by atoms with Crippen LogP contribution in [0.15, 0.2) is 56.5 Å². The lowest BCUT2D eigenvalue weighted by molar-refractivity contribution is 0.572. The van der Waals surface area contributed by atoms with E-state index >= 15 is 0 Å². The second-order valence-corrected chi connectivity index (χ2v) is 10.2. The molecule has 5 rings (SSSR count). The van der Waals surface area contributed by atoms with E-state index in [1.807, 2.05) is 0 Å². The first kappa shape index (κ1) is 19.8. The zero-order chi connectivity index (χ0) is 26.5. The van der Waals surface area contributed by atoms with E-state index in [2.05, 4.69) is 30.8 Å². The molecule has 0 fully saturated rings. The summed E-state index contributed by atoms with van der Waals surface area (Å²) < 4.78 is 27.8. The monoisotopic (exact) mass is 492 g/mol. The van der Waals surface area contributed by atoms with Crippen LogP contribution in [0.25, 0.3) is 48.0 Å². The first-order valence-electron chi connectivity index (χ1n) is 11.2. The number of hydrogen-bond acceptors (Lipinski definition) is 7. The Morgan fingerprint density at radius 1 is 0.914 bits per heavy atom. The Morgan fingerprint density at radius 3 is 1.89 bits per heavy atom. The van der Waals surface area contributed by atoms with Gasteiger partial charge in [0.2, 0.25) is 0 Å².